The molecule has 12 heteroatoms. The number of fused-ring (bicyclic) bond motifs is 1. The summed E-state index contributed by atoms with van der Waals surface area (Å²) in [6.07, 6.45) is -4.66. The summed E-state index contributed by atoms with van der Waals surface area (Å²) in [5, 5.41) is 13.0. The summed E-state index contributed by atoms with van der Waals surface area (Å²) in [4.78, 5) is 9.57. The summed E-state index contributed by atoms with van der Waals surface area (Å²) in [7, 11) is 7.24. The molecule has 8 nitrogen and oxygen atoms in total. The Bertz CT molecular complexity index is 1340. The van der Waals surface area contributed by atoms with Crippen molar-refractivity contribution < 1.29 is 17.6 Å². The Labute approximate surface area is 193 Å². The van der Waals surface area contributed by atoms with Crippen molar-refractivity contribution in [2.24, 2.45) is 14.1 Å². The van der Waals surface area contributed by atoms with Crippen LogP contribution in [0.2, 0.25) is 0 Å². The number of nitrogens with zero attached hydrogens (tertiary/aromatic N) is 8. The zero-order valence-electron chi connectivity index (χ0n) is 19.4. The topological polar surface area (TPSA) is 67.9 Å². The molecule has 0 radical (unpaired) electrons. The van der Waals surface area contributed by atoms with Crippen LogP contribution in [-0.4, -0.2) is 43.9 Å². The second-order valence-corrected chi connectivity index (χ2v) is 8.40. The number of aromatic nitrogens is 6. The molecule has 0 aliphatic rings. The molecule has 3 aromatic heterocycles. The van der Waals surface area contributed by atoms with E-state index in [-0.39, 0.29) is 24.6 Å². The predicted octanol–water partition coefficient (Wildman–Crippen LogP) is 3.84. The van der Waals surface area contributed by atoms with E-state index in [1.54, 1.807) is 11.9 Å². The number of tetrazole rings is 1. The van der Waals surface area contributed by atoms with Gasteiger partial charge in [0.1, 0.15) is 17.3 Å². The van der Waals surface area contributed by atoms with E-state index in [1.807, 2.05) is 49.7 Å². The molecule has 0 bridgehead atoms. The molecule has 1 aromatic carbocycles. The maximum atomic E-state index is 14.0. The number of hydrogen-bond donors (Lipinski definition) is 0. The molecule has 0 spiro atoms. The van der Waals surface area contributed by atoms with Gasteiger partial charge in [-0.2, -0.15) is 18.0 Å². The van der Waals surface area contributed by atoms with Gasteiger partial charge in [-0.25, -0.2) is 9.37 Å². The number of rotatable bonds is 6. The van der Waals surface area contributed by atoms with Crippen molar-refractivity contribution in [3.05, 3.63) is 58.5 Å². The van der Waals surface area contributed by atoms with Gasteiger partial charge in [-0.1, -0.05) is 5.10 Å². The van der Waals surface area contributed by atoms with Gasteiger partial charge in [0.05, 0.1) is 12.6 Å². The normalized spacial score (nSPS) is 11.9. The first-order valence-electron chi connectivity index (χ1n) is 10.4. The van der Waals surface area contributed by atoms with Crippen molar-refractivity contribution in [3.63, 3.8) is 0 Å². The Balaban J connectivity index is 1.77. The number of anilines is 2. The Morgan fingerprint density at radius 1 is 1.00 bits per heavy atom. The summed E-state index contributed by atoms with van der Waals surface area (Å²) in [6.45, 7) is 2.13. The molecule has 4 rings (SSSR count). The van der Waals surface area contributed by atoms with Crippen LogP contribution in [0.3, 0.4) is 0 Å². The highest BCUT2D eigenvalue weighted by atomic mass is 19.4. The summed E-state index contributed by atoms with van der Waals surface area (Å²) in [6, 6.07) is 6.49. The van der Waals surface area contributed by atoms with Gasteiger partial charge in [0.2, 0.25) is 0 Å². The zero-order valence-corrected chi connectivity index (χ0v) is 19.4. The maximum absolute atomic E-state index is 14.0. The fraction of sp³-hybridized carbons (Fsp3) is 0.364. The Morgan fingerprint density at radius 2 is 1.74 bits per heavy atom. The van der Waals surface area contributed by atoms with Crippen LogP contribution in [0.5, 0.6) is 0 Å². The molecule has 4 aromatic rings. The van der Waals surface area contributed by atoms with Gasteiger partial charge in [-0.15, -0.1) is 5.10 Å². The first-order chi connectivity index (χ1) is 15.9. The van der Waals surface area contributed by atoms with Gasteiger partial charge in [0, 0.05) is 50.9 Å². The number of halogens is 4. The summed E-state index contributed by atoms with van der Waals surface area (Å²) in [5.41, 5.74) is 1.75. The van der Waals surface area contributed by atoms with E-state index in [9.17, 15) is 17.6 Å². The van der Waals surface area contributed by atoms with Crippen molar-refractivity contribution in [1.29, 1.82) is 0 Å². The van der Waals surface area contributed by atoms with Crippen LogP contribution in [0.25, 0.3) is 11.0 Å². The first-order valence-corrected chi connectivity index (χ1v) is 10.4. The van der Waals surface area contributed by atoms with Crippen molar-refractivity contribution in [2.45, 2.75) is 26.2 Å². The number of alkyl halides is 3. The van der Waals surface area contributed by atoms with Crippen LogP contribution in [0.4, 0.5) is 29.3 Å². The van der Waals surface area contributed by atoms with Crippen LogP contribution >= 0.6 is 0 Å². The van der Waals surface area contributed by atoms with Gasteiger partial charge >= 0.3 is 6.18 Å². The molecule has 180 valence electrons. The third kappa shape index (κ3) is 4.66. The molecular formula is C22H24F4N8. The maximum Gasteiger partial charge on any atom is 0.416 e. The van der Waals surface area contributed by atoms with Gasteiger partial charge in [-0.3, -0.25) is 0 Å². The third-order valence-electron chi connectivity index (χ3n) is 5.52. The first kappa shape index (κ1) is 23.5. The van der Waals surface area contributed by atoms with Gasteiger partial charge < -0.3 is 14.4 Å². The average molecular weight is 476 g/mol. The zero-order chi connectivity index (χ0) is 24.8. The lowest BCUT2D eigenvalue weighted by molar-refractivity contribution is -0.137. The highest BCUT2D eigenvalue weighted by molar-refractivity contribution is 5.81. The Kier molecular flexibility index (Phi) is 5.92. The van der Waals surface area contributed by atoms with E-state index in [1.165, 1.54) is 4.80 Å². The van der Waals surface area contributed by atoms with Crippen LogP contribution in [0.1, 0.15) is 22.4 Å². The number of pyridine rings is 1. The van der Waals surface area contributed by atoms with E-state index in [2.05, 4.69) is 15.4 Å². The molecule has 0 aliphatic heterocycles. The summed E-state index contributed by atoms with van der Waals surface area (Å²) < 4.78 is 55.8. The second-order valence-electron chi connectivity index (χ2n) is 8.40. The molecular weight excluding hydrogens is 452 g/mol. The van der Waals surface area contributed by atoms with Crippen molar-refractivity contribution in [2.75, 3.05) is 23.9 Å². The molecule has 0 unspecified atom stereocenters. The summed E-state index contributed by atoms with van der Waals surface area (Å²) >= 11 is 0. The van der Waals surface area contributed by atoms with Crippen LogP contribution in [0, 0.1) is 12.7 Å². The highest BCUT2D eigenvalue weighted by Crippen LogP contribution is 2.32. The largest absolute Gasteiger partial charge is 0.416 e. The van der Waals surface area contributed by atoms with Crippen LogP contribution < -0.4 is 9.80 Å². The fourth-order valence-corrected chi connectivity index (χ4v) is 3.85. The van der Waals surface area contributed by atoms with E-state index >= 15 is 0 Å². The second kappa shape index (κ2) is 8.58. The number of benzene rings is 1. The van der Waals surface area contributed by atoms with Crippen LogP contribution in [0.15, 0.2) is 30.3 Å². The quantitative estimate of drug-likeness (QED) is 0.394. The molecule has 34 heavy (non-hydrogen) atoms. The van der Waals surface area contributed by atoms with Gasteiger partial charge in [-0.05, 0) is 48.0 Å². The lowest BCUT2D eigenvalue weighted by Gasteiger charge is -2.24. The molecule has 0 fully saturated rings. The fourth-order valence-electron chi connectivity index (χ4n) is 3.85. The van der Waals surface area contributed by atoms with E-state index in [4.69, 9.17) is 4.98 Å². The molecule has 3 heterocycles. The van der Waals surface area contributed by atoms with E-state index < -0.39 is 17.6 Å². The Morgan fingerprint density at radius 3 is 2.35 bits per heavy atom. The van der Waals surface area contributed by atoms with Crippen molar-refractivity contribution >= 4 is 22.8 Å². The lowest BCUT2D eigenvalue weighted by atomic mass is 10.1. The molecule has 0 N–H and O–H groups in total. The van der Waals surface area contributed by atoms with Gasteiger partial charge in [0.25, 0.3) is 5.95 Å². The SMILES string of the molecule is Cc1cc2cc(CN(Cc3cc(F)cc(C(F)(F)F)c3)c3nnn(C)n3)c(N(C)C)nc2n1C. The Hall–Kier alpha value is -3.70. The highest BCUT2D eigenvalue weighted by Gasteiger charge is 2.31. The standard InChI is InChI=1S/C22H24F4N8/c1-13-6-15-9-16(19(31(2)3)27-20(15)32(13)4)12-34(21-28-30-33(5)29-21)11-14-7-17(22(24,25)26)10-18(23)8-14/h6-10H,11-12H2,1-5H3. The van der Waals surface area contributed by atoms with Gasteiger partial charge in [0.15, 0.2) is 0 Å². The predicted molar refractivity (Wildman–Crippen MR) is 120 cm³/mol. The molecule has 0 atom stereocenters. The van der Waals surface area contributed by atoms with Crippen molar-refractivity contribution in [1.82, 2.24) is 29.8 Å². The molecule has 0 saturated carbocycles. The molecule has 0 saturated heterocycles. The third-order valence-corrected chi connectivity index (χ3v) is 5.52. The number of hydrogen-bond acceptors (Lipinski definition) is 6. The minimum atomic E-state index is -4.66. The summed E-state index contributed by atoms with van der Waals surface area (Å²) in [5.74, 6) is -0.0686. The van der Waals surface area contributed by atoms with E-state index in [0.29, 0.717) is 11.9 Å². The minimum absolute atomic E-state index is 0.0642. The lowest BCUT2D eigenvalue weighted by Crippen LogP contribution is -2.26. The van der Waals surface area contributed by atoms with E-state index in [0.717, 1.165) is 34.4 Å². The monoisotopic (exact) mass is 476 g/mol. The average Bonchev–Trinajstić information content (AvgIpc) is 3.28. The molecule has 0 aliphatic carbocycles. The smallest absolute Gasteiger partial charge is 0.362 e. The number of aryl methyl sites for hydroxylation is 3. The molecule has 0 amide bonds. The minimum Gasteiger partial charge on any atom is -0.362 e. The van der Waals surface area contributed by atoms with Crippen LogP contribution in [-0.2, 0) is 33.4 Å². The van der Waals surface area contributed by atoms with Crippen molar-refractivity contribution in [3.8, 4) is 0 Å².